The van der Waals surface area contributed by atoms with Crippen molar-refractivity contribution in [2.45, 2.75) is 47.1 Å². The van der Waals surface area contributed by atoms with Gasteiger partial charge in [0.15, 0.2) is 0 Å². The highest BCUT2D eigenvalue weighted by Gasteiger charge is 1.98. The fourth-order valence-electron chi connectivity index (χ4n) is 0.611. The van der Waals surface area contributed by atoms with Crippen LogP contribution in [0.4, 0.5) is 0 Å². The zero-order chi connectivity index (χ0) is 8.57. The Morgan fingerprint density at radius 3 is 1.70 bits per heavy atom. The van der Waals surface area contributed by atoms with Crippen molar-refractivity contribution in [2.24, 2.45) is 0 Å². The molecule has 0 aliphatic carbocycles. The molecule has 10 heavy (non-hydrogen) atoms. The van der Waals surface area contributed by atoms with Gasteiger partial charge in [-0.05, 0) is 33.9 Å². The first-order valence-electron chi connectivity index (χ1n) is 4.38. The van der Waals surface area contributed by atoms with E-state index in [2.05, 4.69) is 32.7 Å². The van der Waals surface area contributed by atoms with Gasteiger partial charge in [-0.2, -0.15) is 0 Å². The Bertz CT molecular complexity index is 50.7. The van der Waals surface area contributed by atoms with Gasteiger partial charge in [0.25, 0.3) is 0 Å². The minimum atomic E-state index is 0.704. The number of hydrogen-bond acceptors (Lipinski definition) is 1. The maximum atomic E-state index is 2.35. The molecule has 0 spiro atoms. The summed E-state index contributed by atoms with van der Waals surface area (Å²) in [6.07, 6.45) is 1.26. The van der Waals surface area contributed by atoms with Crippen molar-refractivity contribution < 1.29 is 0 Å². The molecule has 0 atom stereocenters. The lowest BCUT2D eigenvalue weighted by atomic mass is 10.3. The first-order chi connectivity index (χ1) is 4.68. The summed E-state index contributed by atoms with van der Waals surface area (Å²) in [5.41, 5.74) is 0. The van der Waals surface area contributed by atoms with Gasteiger partial charge >= 0.3 is 0 Å². The predicted molar refractivity (Wildman–Crippen MR) is 49.4 cm³/mol. The lowest BCUT2D eigenvalue weighted by Crippen LogP contribution is -2.26. The monoisotopic (exact) mass is 145 g/mol. The highest BCUT2D eigenvalue weighted by Crippen LogP contribution is 1.92. The average Bonchev–Trinajstić information content (AvgIpc) is 1.93. The van der Waals surface area contributed by atoms with E-state index in [1.54, 1.807) is 0 Å². The minimum Gasteiger partial charge on any atom is -0.304 e. The van der Waals surface area contributed by atoms with Crippen LogP contribution in [0.25, 0.3) is 0 Å². The van der Waals surface area contributed by atoms with Crippen molar-refractivity contribution in [2.75, 3.05) is 13.6 Å². The fourth-order valence-corrected chi connectivity index (χ4v) is 0.611. The molecule has 0 heterocycles. The molecule has 0 aliphatic heterocycles. The summed E-state index contributed by atoms with van der Waals surface area (Å²) < 4.78 is 0. The molecule has 0 aromatic rings. The molecule has 0 aliphatic rings. The van der Waals surface area contributed by atoms with Crippen LogP contribution in [0.5, 0.6) is 0 Å². The summed E-state index contributed by atoms with van der Waals surface area (Å²) in [5.74, 6) is 0. The van der Waals surface area contributed by atoms with E-state index < -0.39 is 0 Å². The Morgan fingerprint density at radius 2 is 1.60 bits per heavy atom. The smallest absolute Gasteiger partial charge is 0.00355 e. The standard InChI is InChI=1S/C7H17N.C2H6/c1-5-6-8(4)7(2)3;1-2/h7H,5-6H2,1-4H3;1-2H3. The summed E-state index contributed by atoms with van der Waals surface area (Å²) in [5, 5.41) is 0. The first kappa shape index (κ1) is 12.6. The second-order valence-corrected chi connectivity index (χ2v) is 2.57. The van der Waals surface area contributed by atoms with Crippen LogP contribution >= 0.6 is 0 Å². The van der Waals surface area contributed by atoms with Crippen molar-refractivity contribution in [3.05, 3.63) is 0 Å². The van der Waals surface area contributed by atoms with Crippen LogP contribution in [-0.4, -0.2) is 24.5 Å². The zero-order valence-electron chi connectivity index (χ0n) is 8.44. The van der Waals surface area contributed by atoms with Crippen molar-refractivity contribution in [3.63, 3.8) is 0 Å². The fraction of sp³-hybridized carbons (Fsp3) is 1.00. The summed E-state index contributed by atoms with van der Waals surface area (Å²) in [6, 6.07) is 0.704. The van der Waals surface area contributed by atoms with Crippen molar-refractivity contribution in [3.8, 4) is 0 Å². The first-order valence-corrected chi connectivity index (χ1v) is 4.38. The van der Waals surface area contributed by atoms with Gasteiger partial charge in [-0.1, -0.05) is 20.8 Å². The third-order valence-corrected chi connectivity index (χ3v) is 1.46. The van der Waals surface area contributed by atoms with Gasteiger partial charge in [-0.15, -0.1) is 0 Å². The average molecular weight is 145 g/mol. The van der Waals surface area contributed by atoms with E-state index in [1.807, 2.05) is 13.8 Å². The van der Waals surface area contributed by atoms with Crippen molar-refractivity contribution >= 4 is 0 Å². The minimum absolute atomic E-state index is 0.704. The van der Waals surface area contributed by atoms with Gasteiger partial charge in [-0.3, -0.25) is 0 Å². The summed E-state index contributed by atoms with van der Waals surface area (Å²) >= 11 is 0. The number of hydrogen-bond donors (Lipinski definition) is 0. The third kappa shape index (κ3) is 7.96. The number of nitrogens with zero attached hydrogens (tertiary/aromatic N) is 1. The van der Waals surface area contributed by atoms with Crippen LogP contribution in [0, 0.1) is 0 Å². The molecule has 0 unspecified atom stereocenters. The molecule has 0 aromatic carbocycles. The summed E-state index contributed by atoms with van der Waals surface area (Å²) in [7, 11) is 2.16. The molecule has 0 saturated carbocycles. The van der Waals surface area contributed by atoms with Gasteiger partial charge in [0.2, 0.25) is 0 Å². The van der Waals surface area contributed by atoms with E-state index >= 15 is 0 Å². The highest BCUT2D eigenvalue weighted by atomic mass is 15.1. The summed E-state index contributed by atoms with van der Waals surface area (Å²) in [4.78, 5) is 2.35. The van der Waals surface area contributed by atoms with E-state index in [1.165, 1.54) is 13.0 Å². The third-order valence-electron chi connectivity index (χ3n) is 1.46. The van der Waals surface area contributed by atoms with E-state index in [0.717, 1.165) is 0 Å². The van der Waals surface area contributed by atoms with Gasteiger partial charge in [0, 0.05) is 6.04 Å². The van der Waals surface area contributed by atoms with Crippen molar-refractivity contribution in [1.29, 1.82) is 0 Å². The SMILES string of the molecule is CC.CCCN(C)C(C)C. The lowest BCUT2D eigenvalue weighted by Gasteiger charge is -2.19. The van der Waals surface area contributed by atoms with Gasteiger partial charge in [0.1, 0.15) is 0 Å². The van der Waals surface area contributed by atoms with Crippen LogP contribution in [0.3, 0.4) is 0 Å². The van der Waals surface area contributed by atoms with Crippen LogP contribution in [-0.2, 0) is 0 Å². The molecular formula is C9H23N. The molecule has 0 bridgehead atoms. The van der Waals surface area contributed by atoms with E-state index in [-0.39, 0.29) is 0 Å². The normalized spacial score (nSPS) is 9.60. The Kier molecular flexibility index (Phi) is 11.3. The van der Waals surface area contributed by atoms with Crippen LogP contribution < -0.4 is 0 Å². The van der Waals surface area contributed by atoms with Crippen molar-refractivity contribution in [1.82, 2.24) is 4.90 Å². The van der Waals surface area contributed by atoms with Crippen LogP contribution in [0.15, 0.2) is 0 Å². The molecule has 0 saturated heterocycles. The molecule has 0 fully saturated rings. The highest BCUT2D eigenvalue weighted by molar-refractivity contribution is 4.53. The molecule has 0 rings (SSSR count). The van der Waals surface area contributed by atoms with Gasteiger partial charge in [-0.25, -0.2) is 0 Å². The quantitative estimate of drug-likeness (QED) is 0.590. The zero-order valence-corrected chi connectivity index (χ0v) is 8.44. The Labute approximate surface area is 66.4 Å². The van der Waals surface area contributed by atoms with Crippen LogP contribution in [0.1, 0.15) is 41.0 Å². The maximum Gasteiger partial charge on any atom is 0.00355 e. The molecule has 1 nitrogen and oxygen atoms in total. The second-order valence-electron chi connectivity index (χ2n) is 2.57. The largest absolute Gasteiger partial charge is 0.304 e. The molecule has 0 aromatic heterocycles. The summed E-state index contributed by atoms with van der Waals surface area (Å²) in [6.45, 7) is 11.9. The van der Waals surface area contributed by atoms with Gasteiger partial charge in [0.05, 0.1) is 0 Å². The molecule has 64 valence electrons. The predicted octanol–water partition coefficient (Wildman–Crippen LogP) is 2.76. The lowest BCUT2D eigenvalue weighted by molar-refractivity contribution is 0.275. The molecule has 0 N–H and O–H groups in total. The Morgan fingerprint density at radius 1 is 1.20 bits per heavy atom. The van der Waals surface area contributed by atoms with Gasteiger partial charge < -0.3 is 4.90 Å². The molecule has 0 radical (unpaired) electrons. The van der Waals surface area contributed by atoms with Crippen LogP contribution in [0.2, 0.25) is 0 Å². The number of rotatable bonds is 3. The molecular weight excluding hydrogens is 122 g/mol. The van der Waals surface area contributed by atoms with E-state index in [4.69, 9.17) is 0 Å². The topological polar surface area (TPSA) is 3.24 Å². The van der Waals surface area contributed by atoms with E-state index in [0.29, 0.717) is 6.04 Å². The molecule has 0 amide bonds. The Hall–Kier alpha value is -0.0400. The van der Waals surface area contributed by atoms with E-state index in [9.17, 15) is 0 Å². The second kappa shape index (κ2) is 8.96. The molecule has 1 heteroatoms. The Balaban J connectivity index is 0. The maximum absolute atomic E-state index is 2.35.